The number of rotatable bonds is 10. The Morgan fingerprint density at radius 1 is 0.615 bits per heavy atom. The lowest BCUT2D eigenvalue weighted by molar-refractivity contribution is -0.163. The Kier molecular flexibility index (Phi) is 28.1. The van der Waals surface area contributed by atoms with Gasteiger partial charge in [0.2, 0.25) is 70.9 Å². The van der Waals surface area contributed by atoms with Gasteiger partial charge in [0.1, 0.15) is 65.0 Å². The van der Waals surface area contributed by atoms with Crippen LogP contribution in [0, 0.1) is 29.4 Å². The number of hydrogen-bond donors (Lipinski definition) is 3. The zero-order valence-corrected chi connectivity index (χ0v) is 60.6. The molecule has 3 heterocycles. The summed E-state index contributed by atoms with van der Waals surface area (Å²) in [6, 6.07) is -12.2. The van der Waals surface area contributed by atoms with Crippen molar-refractivity contribution >= 4 is 70.9 Å². The molecule has 7 rings (SSSR count). The van der Waals surface area contributed by atoms with Crippen molar-refractivity contribution < 1.29 is 101 Å². The summed E-state index contributed by atoms with van der Waals surface area (Å²) in [6.07, 6.45) is -8.98. The van der Waals surface area contributed by atoms with Crippen molar-refractivity contribution in [3.63, 3.8) is 0 Å². The number of halogens is 10. The number of amides is 12. The standard InChI is InChI=1S/C70H100F10N12O12/c1-10-41(2)57-64(102)86(5)38-54(95)84(3)39-55(96)87(6)48(33-42-21-13-11-14-22-42)62(100)85(4)37-52(93)81-47(26-25-43-31-45(71)56(46(72)32-43)70(78,79)80)61(99)92-40-68(73,74)35-51(92)60(98)83-67(27-17-18-28-67)66(104)90(9)58(44-23-15-12-16-24-44)65(103)89(8)49(63(101)91-29-19-20-30-91)34-53(94)88(7)50(59(97)82-57)36-69(75,76)77/h31-32,41-42,44,47-51,57-58H,10-30,33-40H2,1-9H3,(H,81,93)(H,82,97)(H,83,98)/t41-,47-,48-,49-,50-,51-,57-,58-/m0/s1. The second-order valence-electron chi connectivity index (χ2n) is 29.5. The number of likely N-dealkylation sites (tertiary alicyclic amines) is 1. The molecule has 6 aliphatic rings. The molecule has 0 bridgehead atoms. The highest BCUT2D eigenvalue weighted by Crippen LogP contribution is 2.40. The van der Waals surface area contributed by atoms with E-state index in [1.807, 2.05) is 0 Å². The molecule has 3 N–H and O–H groups in total. The first-order chi connectivity index (χ1) is 48.6. The molecule has 1 spiro atoms. The first-order valence-corrected chi connectivity index (χ1v) is 35.9. The third-order valence-electron chi connectivity index (χ3n) is 21.9. The van der Waals surface area contributed by atoms with E-state index in [9.17, 15) is 64.7 Å². The molecule has 3 aliphatic heterocycles. The van der Waals surface area contributed by atoms with Gasteiger partial charge in [0.25, 0.3) is 5.92 Å². The SMILES string of the molecule is CC[C@H](C)[C@@H]1NC(=O)[C@H](CC(F)(F)F)N(C)C(=O)C[C@@H](C(=O)N2CCCC2)N(C)C(=O)[C@H](C2CCCCC2)N(C)C(=O)C2(CCCC2)NC(=O)[C@@H]2CC(F)(F)CN2C(=O)[C@H](CCc2cc(F)c(C(F)(F)F)c(F)c2)NC(=O)CN(C)C(=O)[C@H](CC2CCCCC2)N(C)C(=O)CN(C)C(=O)CN(C)C1=O. The molecule has 582 valence electrons. The van der Waals surface area contributed by atoms with Crippen LogP contribution in [0.2, 0.25) is 0 Å². The van der Waals surface area contributed by atoms with E-state index >= 15 is 36.7 Å². The molecule has 8 atom stereocenters. The van der Waals surface area contributed by atoms with Crippen LogP contribution in [0.4, 0.5) is 43.9 Å². The van der Waals surface area contributed by atoms with Crippen LogP contribution in [0.15, 0.2) is 12.1 Å². The van der Waals surface area contributed by atoms with Crippen molar-refractivity contribution in [1.82, 2.24) is 60.0 Å². The molecule has 3 aliphatic carbocycles. The predicted molar refractivity (Wildman–Crippen MR) is 355 cm³/mol. The molecule has 104 heavy (non-hydrogen) atoms. The Morgan fingerprint density at radius 3 is 1.74 bits per heavy atom. The van der Waals surface area contributed by atoms with E-state index in [0.29, 0.717) is 79.7 Å². The maximum Gasteiger partial charge on any atom is 0.422 e. The Labute approximate surface area is 599 Å². The average molecular weight is 1490 g/mol. The molecular formula is C70H100F10N12O12. The maximum absolute atomic E-state index is 16.1. The minimum absolute atomic E-state index is 0.0328. The molecule has 0 unspecified atom stereocenters. The van der Waals surface area contributed by atoms with Crippen molar-refractivity contribution in [2.45, 2.75) is 228 Å². The van der Waals surface area contributed by atoms with Gasteiger partial charge in [-0.1, -0.05) is 84.5 Å². The molecule has 1 aromatic carbocycles. The lowest BCUT2D eigenvalue weighted by Gasteiger charge is -2.43. The highest BCUT2D eigenvalue weighted by molar-refractivity contribution is 6.01. The van der Waals surface area contributed by atoms with E-state index in [0.717, 1.165) is 62.8 Å². The van der Waals surface area contributed by atoms with E-state index in [2.05, 4.69) is 16.0 Å². The van der Waals surface area contributed by atoms with Crippen LogP contribution >= 0.6 is 0 Å². The molecule has 3 saturated carbocycles. The summed E-state index contributed by atoms with van der Waals surface area (Å²) in [5.74, 6) is -22.3. The number of carbonyl (C=O) groups excluding carboxylic acids is 12. The number of nitrogens with one attached hydrogen (secondary N) is 3. The third kappa shape index (κ3) is 20.6. The second-order valence-corrected chi connectivity index (χ2v) is 29.5. The maximum atomic E-state index is 16.1. The Bertz CT molecular complexity index is 3300. The Hall–Kier alpha value is -7.84. The summed E-state index contributed by atoms with van der Waals surface area (Å²) in [7, 11) is 8.13. The van der Waals surface area contributed by atoms with Gasteiger partial charge in [0.15, 0.2) is 0 Å². The van der Waals surface area contributed by atoms with Crippen LogP contribution in [0.3, 0.4) is 0 Å². The third-order valence-corrected chi connectivity index (χ3v) is 21.9. The van der Waals surface area contributed by atoms with Gasteiger partial charge in [-0.3, -0.25) is 57.5 Å². The summed E-state index contributed by atoms with van der Waals surface area (Å²) >= 11 is 0. The quantitative estimate of drug-likeness (QED) is 0.234. The Morgan fingerprint density at radius 2 is 1.17 bits per heavy atom. The smallest absolute Gasteiger partial charge is 0.343 e. The molecule has 24 nitrogen and oxygen atoms in total. The van der Waals surface area contributed by atoms with Crippen molar-refractivity contribution in [2.75, 3.05) is 88.6 Å². The molecule has 1 aromatic rings. The highest BCUT2D eigenvalue weighted by Gasteiger charge is 2.56. The average Bonchev–Trinajstić information content (AvgIpc) is 1.51. The molecule has 3 saturated heterocycles. The van der Waals surface area contributed by atoms with Gasteiger partial charge in [-0.2, -0.15) is 26.3 Å². The van der Waals surface area contributed by atoms with Crippen LogP contribution in [-0.4, -0.2) is 264 Å². The van der Waals surface area contributed by atoms with Gasteiger partial charge >= 0.3 is 12.4 Å². The molecule has 0 aromatic heterocycles. The van der Waals surface area contributed by atoms with E-state index in [-0.39, 0.29) is 57.5 Å². The van der Waals surface area contributed by atoms with Crippen molar-refractivity contribution in [3.8, 4) is 0 Å². The van der Waals surface area contributed by atoms with Crippen LogP contribution < -0.4 is 16.0 Å². The fraction of sp³-hybridized carbons (Fsp3) is 0.743. The van der Waals surface area contributed by atoms with E-state index in [1.54, 1.807) is 6.92 Å². The first-order valence-electron chi connectivity index (χ1n) is 35.9. The topological polar surface area (TPSA) is 270 Å². The minimum Gasteiger partial charge on any atom is -0.343 e. The van der Waals surface area contributed by atoms with Crippen LogP contribution in [0.5, 0.6) is 0 Å². The number of benzene rings is 1. The monoisotopic (exact) mass is 1490 g/mol. The number of hydrogen-bond acceptors (Lipinski definition) is 12. The number of aryl methyl sites for hydroxylation is 1. The van der Waals surface area contributed by atoms with Crippen LogP contribution in [0.25, 0.3) is 0 Å². The molecular weight excluding hydrogens is 1390 g/mol. The minimum atomic E-state index is -5.49. The number of alkyl halides is 8. The van der Waals surface area contributed by atoms with Crippen molar-refractivity contribution in [3.05, 3.63) is 34.9 Å². The number of carbonyl (C=O) groups is 12. The van der Waals surface area contributed by atoms with Gasteiger partial charge in [0, 0.05) is 68.8 Å². The van der Waals surface area contributed by atoms with Gasteiger partial charge in [-0.25, -0.2) is 17.6 Å². The summed E-state index contributed by atoms with van der Waals surface area (Å²) in [5, 5.41) is 7.40. The molecule has 6 fully saturated rings. The zero-order valence-electron chi connectivity index (χ0n) is 60.6. The number of likely N-dealkylation sites (N-methyl/N-ethyl adjacent to an activating group) is 7. The predicted octanol–water partition coefficient (Wildman–Crippen LogP) is 5.81. The Balaban J connectivity index is 1.32. The number of fused-ring (bicyclic) bond motifs is 1. The second kappa shape index (κ2) is 35.0. The normalized spacial score (nSPS) is 26.9. The van der Waals surface area contributed by atoms with Gasteiger partial charge in [-0.15, -0.1) is 0 Å². The molecule has 12 amide bonds. The summed E-state index contributed by atoms with van der Waals surface area (Å²) in [4.78, 5) is 185. The number of nitrogens with zero attached hydrogens (tertiary/aromatic N) is 9. The lowest BCUT2D eigenvalue weighted by atomic mass is 9.81. The first kappa shape index (κ1) is 83.4. The van der Waals surface area contributed by atoms with Crippen molar-refractivity contribution in [2.24, 2.45) is 17.8 Å². The van der Waals surface area contributed by atoms with Gasteiger partial charge in [-0.05, 0) is 93.2 Å². The molecule has 0 radical (unpaired) electrons. The highest BCUT2D eigenvalue weighted by atomic mass is 19.4. The van der Waals surface area contributed by atoms with Crippen LogP contribution in [-0.2, 0) is 70.1 Å². The van der Waals surface area contributed by atoms with Gasteiger partial charge in [0.05, 0.1) is 39.0 Å². The molecule has 34 heteroatoms. The van der Waals surface area contributed by atoms with Gasteiger partial charge < -0.3 is 60.0 Å². The summed E-state index contributed by atoms with van der Waals surface area (Å²) < 4.78 is 148. The van der Waals surface area contributed by atoms with Crippen LogP contribution in [0.1, 0.15) is 166 Å². The lowest BCUT2D eigenvalue weighted by Crippen LogP contribution is -2.65. The summed E-state index contributed by atoms with van der Waals surface area (Å²) in [5.41, 5.74) is -4.71. The summed E-state index contributed by atoms with van der Waals surface area (Å²) in [6.45, 7) is -0.498. The fourth-order valence-electron chi connectivity index (χ4n) is 15.5. The van der Waals surface area contributed by atoms with E-state index in [1.165, 1.54) is 47.1 Å². The zero-order chi connectivity index (χ0) is 77.2. The van der Waals surface area contributed by atoms with E-state index < -0.39 is 230 Å². The fourth-order valence-corrected chi connectivity index (χ4v) is 15.5. The van der Waals surface area contributed by atoms with E-state index in [4.69, 9.17) is 0 Å². The largest absolute Gasteiger partial charge is 0.422 e. The van der Waals surface area contributed by atoms with Crippen molar-refractivity contribution in [1.29, 1.82) is 0 Å².